The van der Waals surface area contributed by atoms with Crippen molar-refractivity contribution >= 4 is 23.2 Å². The highest BCUT2D eigenvalue weighted by atomic mass is 16.6. The highest BCUT2D eigenvalue weighted by molar-refractivity contribution is 6.05. The van der Waals surface area contributed by atoms with Crippen LogP contribution >= 0.6 is 0 Å². The molecule has 0 aromatic heterocycles. The van der Waals surface area contributed by atoms with Gasteiger partial charge in [0.25, 0.3) is 0 Å². The van der Waals surface area contributed by atoms with Crippen molar-refractivity contribution in [1.82, 2.24) is 0 Å². The van der Waals surface area contributed by atoms with E-state index >= 15 is 0 Å². The fourth-order valence-corrected chi connectivity index (χ4v) is 4.75. The Labute approximate surface area is 209 Å². The summed E-state index contributed by atoms with van der Waals surface area (Å²) in [6.07, 6.45) is 4.46. The third-order valence-electron chi connectivity index (χ3n) is 6.76. The van der Waals surface area contributed by atoms with E-state index in [9.17, 15) is 0 Å². The second kappa shape index (κ2) is 12.5. The van der Waals surface area contributed by atoms with Crippen molar-refractivity contribution in [2.45, 2.75) is 19.3 Å². The second-order valence-electron chi connectivity index (χ2n) is 9.45. The van der Waals surface area contributed by atoms with Crippen molar-refractivity contribution in [3.8, 4) is 0 Å². The topological polar surface area (TPSA) is 43.2 Å². The molecule has 4 rings (SSSR count). The Balaban J connectivity index is 1.41. The van der Waals surface area contributed by atoms with Gasteiger partial charge in [0.1, 0.15) is 7.05 Å². The van der Waals surface area contributed by atoms with Crippen LogP contribution in [-0.2, 0) is 24.4 Å². The molecule has 0 spiro atoms. The highest BCUT2D eigenvalue weighted by Gasteiger charge is 2.42. The number of rotatable bonds is 3. The Hall–Kier alpha value is -2.51. The minimum Gasteiger partial charge on any atom is -0.377 e. The molecule has 6 nitrogen and oxygen atoms in total. The summed E-state index contributed by atoms with van der Waals surface area (Å²) in [4.78, 5) is 2.31. The monoisotopic (exact) mass is 479 g/mol. The maximum absolute atomic E-state index is 5.77. The van der Waals surface area contributed by atoms with E-state index in [2.05, 4.69) is 91.1 Å². The summed E-state index contributed by atoms with van der Waals surface area (Å²) in [7, 11) is 2.15. The van der Waals surface area contributed by atoms with Crippen LogP contribution in [0.5, 0.6) is 0 Å². The van der Waals surface area contributed by atoms with Gasteiger partial charge in [-0.05, 0) is 37.6 Å². The predicted octanol–water partition coefficient (Wildman–Crippen LogP) is 4.29. The van der Waals surface area contributed by atoms with Gasteiger partial charge in [0, 0.05) is 36.5 Å². The molecular formula is C29H39N2O4+. The minimum absolute atomic E-state index is 0.0197. The fourth-order valence-electron chi connectivity index (χ4n) is 4.75. The summed E-state index contributed by atoms with van der Waals surface area (Å²) < 4.78 is 24.9. The maximum atomic E-state index is 5.77. The molecule has 0 bridgehead atoms. The molecule has 0 radical (unpaired) electrons. The smallest absolute Gasteiger partial charge is 0.209 e. The quantitative estimate of drug-likeness (QED) is 0.615. The molecule has 2 aromatic carbocycles. The first kappa shape index (κ1) is 25.6. The molecule has 2 aromatic rings. The van der Waals surface area contributed by atoms with Crippen LogP contribution in [0.4, 0.5) is 11.4 Å². The van der Waals surface area contributed by atoms with Gasteiger partial charge in [0.2, 0.25) is 5.69 Å². The number of anilines is 1. The lowest BCUT2D eigenvalue weighted by Crippen LogP contribution is -2.31. The first-order valence-electron chi connectivity index (χ1n) is 12.6. The Morgan fingerprint density at radius 3 is 1.83 bits per heavy atom. The van der Waals surface area contributed by atoms with Gasteiger partial charge in [0.05, 0.1) is 58.3 Å². The Morgan fingerprint density at radius 2 is 1.26 bits per heavy atom. The van der Waals surface area contributed by atoms with Gasteiger partial charge in [-0.15, -0.1) is 0 Å². The minimum atomic E-state index is -0.0197. The standard InChI is InChI=1S/C29H39N2O4/c1-29(2)26-6-4-5-7-27(26)30(3)28(29)13-10-24-8-11-25(12-9-24)31-14-16-32-18-20-34-22-23-35-21-19-33-17-15-31/h4-13H,14-23H2,1-3H3/q+1. The molecule has 35 heavy (non-hydrogen) atoms. The third kappa shape index (κ3) is 6.58. The normalized spacial score (nSPS) is 20.5. The number of nitrogens with zero attached hydrogens (tertiary/aromatic N) is 2. The molecule has 0 saturated carbocycles. The molecule has 0 atom stereocenters. The maximum Gasteiger partial charge on any atom is 0.209 e. The molecule has 0 unspecified atom stereocenters. The van der Waals surface area contributed by atoms with E-state index in [0.29, 0.717) is 52.9 Å². The van der Waals surface area contributed by atoms with Gasteiger partial charge in [-0.2, -0.15) is 4.58 Å². The largest absolute Gasteiger partial charge is 0.377 e. The molecule has 6 heteroatoms. The molecule has 1 fully saturated rings. The number of para-hydroxylation sites is 1. The zero-order chi connectivity index (χ0) is 24.5. The summed E-state index contributed by atoms with van der Waals surface area (Å²) in [5, 5.41) is 0. The zero-order valence-electron chi connectivity index (χ0n) is 21.4. The van der Waals surface area contributed by atoms with Crippen molar-refractivity contribution in [3.05, 3.63) is 65.7 Å². The average Bonchev–Trinajstić information content (AvgIpc) is 3.06. The van der Waals surface area contributed by atoms with Crippen molar-refractivity contribution in [2.75, 3.05) is 77.9 Å². The highest BCUT2D eigenvalue weighted by Crippen LogP contribution is 2.39. The van der Waals surface area contributed by atoms with Crippen LogP contribution in [-0.4, -0.2) is 83.3 Å². The van der Waals surface area contributed by atoms with Gasteiger partial charge in [-0.3, -0.25) is 0 Å². The summed E-state index contributed by atoms with van der Waals surface area (Å²) in [6, 6.07) is 17.4. The van der Waals surface area contributed by atoms with Crippen LogP contribution < -0.4 is 4.90 Å². The Kier molecular flexibility index (Phi) is 9.10. The van der Waals surface area contributed by atoms with Gasteiger partial charge < -0.3 is 23.8 Å². The Morgan fingerprint density at radius 1 is 0.714 bits per heavy atom. The lowest BCUT2D eigenvalue weighted by Gasteiger charge is -2.25. The van der Waals surface area contributed by atoms with Crippen molar-refractivity contribution in [3.63, 3.8) is 0 Å². The summed E-state index contributed by atoms with van der Waals surface area (Å²) >= 11 is 0. The number of hydrogen-bond acceptors (Lipinski definition) is 5. The van der Waals surface area contributed by atoms with Crippen LogP contribution in [0.1, 0.15) is 25.0 Å². The predicted molar refractivity (Wildman–Crippen MR) is 141 cm³/mol. The van der Waals surface area contributed by atoms with Crippen LogP contribution in [0, 0.1) is 0 Å². The second-order valence-corrected chi connectivity index (χ2v) is 9.45. The van der Waals surface area contributed by atoms with Gasteiger partial charge >= 0.3 is 0 Å². The molecule has 2 heterocycles. The van der Waals surface area contributed by atoms with E-state index in [0.717, 1.165) is 13.1 Å². The molecule has 0 N–H and O–H groups in total. The van der Waals surface area contributed by atoms with E-state index in [1.165, 1.54) is 28.2 Å². The van der Waals surface area contributed by atoms with E-state index in [4.69, 9.17) is 18.9 Å². The summed E-state index contributed by atoms with van der Waals surface area (Å²) in [5.74, 6) is 0. The lowest BCUT2D eigenvalue weighted by atomic mass is 9.81. The first-order valence-corrected chi connectivity index (χ1v) is 12.6. The molecule has 1 saturated heterocycles. The van der Waals surface area contributed by atoms with E-state index in [-0.39, 0.29) is 5.41 Å². The van der Waals surface area contributed by atoms with Crippen molar-refractivity contribution in [1.29, 1.82) is 0 Å². The van der Waals surface area contributed by atoms with Gasteiger partial charge in [-0.1, -0.05) is 30.3 Å². The number of allylic oxidation sites excluding steroid dienone is 1. The SMILES string of the molecule is C[N+]1=C(/C=C/c2ccc(N3CCOCCOCCOCCOCC3)cc2)C(C)(C)c2ccccc21. The third-order valence-corrected chi connectivity index (χ3v) is 6.76. The van der Waals surface area contributed by atoms with E-state index < -0.39 is 0 Å². The van der Waals surface area contributed by atoms with Crippen LogP contribution in [0.25, 0.3) is 6.08 Å². The molecule has 2 aliphatic rings. The first-order chi connectivity index (χ1) is 17.1. The lowest BCUT2D eigenvalue weighted by molar-refractivity contribution is -0.401. The fraction of sp³-hybridized carbons (Fsp3) is 0.483. The Bertz CT molecular complexity index is 998. The molecular weight excluding hydrogens is 440 g/mol. The number of hydrogen-bond donors (Lipinski definition) is 0. The van der Waals surface area contributed by atoms with Gasteiger partial charge in [-0.25, -0.2) is 0 Å². The average molecular weight is 480 g/mol. The summed E-state index contributed by atoms with van der Waals surface area (Å²) in [6.45, 7) is 11.1. The molecule has 0 aliphatic carbocycles. The van der Waals surface area contributed by atoms with Gasteiger partial charge in [0.15, 0.2) is 5.71 Å². The number of ether oxygens (including phenoxy) is 4. The van der Waals surface area contributed by atoms with Crippen molar-refractivity contribution in [2.24, 2.45) is 0 Å². The number of benzene rings is 2. The summed E-state index contributed by atoms with van der Waals surface area (Å²) in [5.41, 5.74) is 6.29. The molecule has 2 aliphatic heterocycles. The van der Waals surface area contributed by atoms with Crippen LogP contribution in [0.2, 0.25) is 0 Å². The molecule has 188 valence electrons. The van der Waals surface area contributed by atoms with E-state index in [1.54, 1.807) is 0 Å². The number of fused-ring (bicyclic) bond motifs is 1. The van der Waals surface area contributed by atoms with Crippen LogP contribution in [0.3, 0.4) is 0 Å². The van der Waals surface area contributed by atoms with E-state index in [1.807, 2.05) is 0 Å². The zero-order valence-corrected chi connectivity index (χ0v) is 21.4. The van der Waals surface area contributed by atoms with Crippen LogP contribution in [0.15, 0.2) is 54.6 Å². The molecule has 0 amide bonds. The van der Waals surface area contributed by atoms with Crippen molar-refractivity contribution < 1.29 is 23.5 Å².